The highest BCUT2D eigenvalue weighted by Crippen LogP contribution is 2.66. The number of imidazole rings is 2. The summed E-state index contributed by atoms with van der Waals surface area (Å²) in [6.45, 7) is 15.5. The van der Waals surface area contributed by atoms with Gasteiger partial charge in [0.05, 0.1) is 29.0 Å². The molecule has 0 saturated carbocycles. The van der Waals surface area contributed by atoms with Gasteiger partial charge in [-0.3, -0.25) is 9.69 Å². The first kappa shape index (κ1) is 33.3. The number of carbonyl (C=O) groups is 2. The topological polar surface area (TPSA) is 107 Å². The first-order valence-electron chi connectivity index (χ1n) is 17.4. The van der Waals surface area contributed by atoms with Gasteiger partial charge in [0, 0.05) is 29.6 Å². The van der Waals surface area contributed by atoms with Crippen LogP contribution in [0.3, 0.4) is 0 Å². The summed E-state index contributed by atoms with van der Waals surface area (Å²) in [5.41, 5.74) is 4.67. The lowest BCUT2D eigenvalue weighted by Crippen LogP contribution is -2.44. The molecule has 3 atom stereocenters. The van der Waals surface area contributed by atoms with Crippen LogP contribution in [-0.4, -0.2) is 65.8 Å². The minimum atomic E-state index is -0.523. The Morgan fingerprint density at radius 1 is 0.980 bits per heavy atom. The lowest BCUT2D eigenvalue weighted by Gasteiger charge is -2.35. The third-order valence-electron chi connectivity index (χ3n) is 10.4. The molecule has 2 N–H and O–H groups in total. The van der Waals surface area contributed by atoms with Crippen LogP contribution in [0.1, 0.15) is 103 Å². The van der Waals surface area contributed by atoms with Crippen LogP contribution in [0.2, 0.25) is 0 Å². The fourth-order valence-electron chi connectivity index (χ4n) is 6.82. The Morgan fingerprint density at radius 2 is 1.69 bits per heavy atom. The second kappa shape index (κ2) is 12.3. The monoisotopic (exact) mass is 678 g/mol. The summed E-state index contributed by atoms with van der Waals surface area (Å²) in [4.78, 5) is 46.9. The van der Waals surface area contributed by atoms with Crippen molar-refractivity contribution in [2.45, 2.75) is 95.9 Å². The van der Waals surface area contributed by atoms with Gasteiger partial charge >= 0.3 is 6.09 Å². The molecule has 0 radical (unpaired) electrons. The SMILES string of the molecule is CC(C)C(C)(C)C(=O)N1CCCC1c1ncc(-c2ccc(C#Cc3ccc4nc(C56CCCN(C(=O)OC(C)(C)C)C5S6)[nH]c4c3)cc2)[nH]1. The van der Waals surface area contributed by atoms with E-state index in [0.717, 1.165) is 77.3 Å². The minimum Gasteiger partial charge on any atom is -0.444 e. The molecule has 10 heteroatoms. The largest absolute Gasteiger partial charge is 0.444 e. The Morgan fingerprint density at radius 3 is 2.43 bits per heavy atom. The van der Waals surface area contributed by atoms with E-state index < -0.39 is 11.0 Å². The number of hydrogen-bond donors (Lipinski definition) is 2. The van der Waals surface area contributed by atoms with E-state index in [-0.39, 0.29) is 34.1 Å². The summed E-state index contributed by atoms with van der Waals surface area (Å²) in [6.07, 6.45) is 5.39. The normalized spacial score (nSPS) is 22.2. The number of aromatic amines is 2. The van der Waals surface area contributed by atoms with Gasteiger partial charge in [0.15, 0.2) is 0 Å². The van der Waals surface area contributed by atoms with Crippen molar-refractivity contribution in [2.75, 3.05) is 13.1 Å². The lowest BCUT2D eigenvalue weighted by atomic mass is 9.79. The first-order valence-corrected chi connectivity index (χ1v) is 18.3. The smallest absolute Gasteiger partial charge is 0.411 e. The number of hydrogen-bond acceptors (Lipinski definition) is 6. The van der Waals surface area contributed by atoms with Gasteiger partial charge in [0.2, 0.25) is 5.91 Å². The van der Waals surface area contributed by atoms with Crippen molar-refractivity contribution in [3.05, 3.63) is 71.4 Å². The maximum absolute atomic E-state index is 13.4. The molecule has 2 amide bonds. The number of aromatic nitrogens is 4. The number of nitrogens with zero attached hydrogens (tertiary/aromatic N) is 4. The van der Waals surface area contributed by atoms with E-state index in [4.69, 9.17) is 14.7 Å². The van der Waals surface area contributed by atoms with Crippen LogP contribution in [0, 0.1) is 23.2 Å². The fraction of sp³-hybridized carbons (Fsp3) is 0.487. The average Bonchev–Trinajstić information content (AvgIpc) is 3.43. The summed E-state index contributed by atoms with van der Waals surface area (Å²) in [5, 5.41) is 0.0379. The second-order valence-corrected chi connectivity index (χ2v) is 16.9. The number of fused-ring (bicyclic) bond motifs is 2. The van der Waals surface area contributed by atoms with Crippen molar-refractivity contribution in [2.24, 2.45) is 11.3 Å². The average molecular weight is 679 g/mol. The maximum atomic E-state index is 13.4. The zero-order valence-corrected chi connectivity index (χ0v) is 30.3. The Balaban J connectivity index is 1.03. The summed E-state index contributed by atoms with van der Waals surface area (Å²) < 4.78 is 5.47. The number of carbonyl (C=O) groups excluding carboxylic acids is 2. The molecular weight excluding hydrogens is 633 g/mol. The van der Waals surface area contributed by atoms with Gasteiger partial charge in [-0.25, -0.2) is 14.8 Å². The highest BCUT2D eigenvalue weighted by Gasteiger charge is 2.64. The highest BCUT2D eigenvalue weighted by atomic mass is 32.2. The molecule has 3 fully saturated rings. The summed E-state index contributed by atoms with van der Waals surface area (Å²) in [7, 11) is 0. The highest BCUT2D eigenvalue weighted by molar-refractivity contribution is 8.08. The van der Waals surface area contributed by atoms with Crippen LogP contribution in [0.5, 0.6) is 0 Å². The number of nitrogens with one attached hydrogen (secondary N) is 2. The molecule has 0 aliphatic carbocycles. The van der Waals surface area contributed by atoms with E-state index in [0.29, 0.717) is 6.54 Å². The van der Waals surface area contributed by atoms with Gasteiger partial charge in [-0.15, -0.1) is 11.8 Å². The van der Waals surface area contributed by atoms with E-state index in [1.165, 1.54) is 0 Å². The second-order valence-electron chi connectivity index (χ2n) is 15.5. The van der Waals surface area contributed by atoms with Crippen molar-refractivity contribution in [1.82, 2.24) is 29.7 Å². The number of rotatable bonds is 5. The number of amides is 2. The molecule has 3 aliphatic rings. The molecular formula is C39H46N6O3S. The third-order valence-corrected chi connectivity index (χ3v) is 12.0. The van der Waals surface area contributed by atoms with E-state index in [1.54, 1.807) is 11.8 Å². The Bertz CT molecular complexity index is 1960. The standard InChI is InChI=1S/C39H46N6O3S/c1-24(2)38(6,7)34(46)44-20-8-10-31(44)32-40-23-30(41-32)27-16-13-25(14-17-27)11-12-26-15-18-28-29(22-26)43-33(42-28)39-19-9-21-45(35(39)49-39)36(47)48-37(3,4)5/h13-18,22-24,31,35H,8-10,19-21H2,1-7H3,(H,40,41)(H,42,43). The number of piperidine rings is 1. The quantitative estimate of drug-likeness (QED) is 0.164. The Labute approximate surface area is 293 Å². The molecule has 2 aromatic carbocycles. The zero-order chi connectivity index (χ0) is 34.7. The maximum Gasteiger partial charge on any atom is 0.411 e. The molecule has 0 bridgehead atoms. The van der Waals surface area contributed by atoms with E-state index >= 15 is 0 Å². The van der Waals surface area contributed by atoms with Crippen LogP contribution in [0.15, 0.2) is 48.7 Å². The van der Waals surface area contributed by atoms with Crippen molar-refractivity contribution in [1.29, 1.82) is 0 Å². The number of likely N-dealkylation sites (tertiary alicyclic amines) is 2. The summed E-state index contributed by atoms with van der Waals surface area (Å²) in [6, 6.07) is 14.2. The van der Waals surface area contributed by atoms with Gasteiger partial charge < -0.3 is 19.6 Å². The van der Waals surface area contributed by atoms with Crippen molar-refractivity contribution in [3.63, 3.8) is 0 Å². The van der Waals surface area contributed by atoms with Gasteiger partial charge in [0.25, 0.3) is 0 Å². The minimum absolute atomic E-state index is 0.0218. The number of benzene rings is 2. The summed E-state index contributed by atoms with van der Waals surface area (Å²) in [5.74, 6) is 8.83. The molecule has 3 unspecified atom stereocenters. The third kappa shape index (κ3) is 6.34. The van der Waals surface area contributed by atoms with Gasteiger partial charge in [-0.05, 0) is 88.3 Å². The van der Waals surface area contributed by atoms with Crippen molar-refractivity contribution >= 4 is 34.8 Å². The van der Waals surface area contributed by atoms with Gasteiger partial charge in [0.1, 0.15) is 27.4 Å². The van der Waals surface area contributed by atoms with Gasteiger partial charge in [-0.2, -0.15) is 0 Å². The number of thioether (sulfide) groups is 1. The van der Waals surface area contributed by atoms with Crippen molar-refractivity contribution < 1.29 is 14.3 Å². The Hall–Kier alpha value is -4.23. The zero-order valence-electron chi connectivity index (χ0n) is 29.5. The molecule has 3 saturated heterocycles. The molecule has 7 rings (SSSR count). The van der Waals surface area contributed by atoms with Crippen LogP contribution in [-0.2, 0) is 14.3 Å². The van der Waals surface area contributed by atoms with E-state index in [2.05, 4.69) is 47.8 Å². The van der Waals surface area contributed by atoms with Gasteiger partial charge in [-0.1, -0.05) is 51.7 Å². The number of H-pyrrole nitrogens is 2. The Kier molecular flexibility index (Phi) is 8.33. The predicted octanol–water partition coefficient (Wildman–Crippen LogP) is 8.00. The lowest BCUT2D eigenvalue weighted by molar-refractivity contribution is -0.143. The molecule has 4 aromatic rings. The van der Waals surface area contributed by atoms with E-state index in [9.17, 15) is 9.59 Å². The van der Waals surface area contributed by atoms with Crippen LogP contribution in [0.25, 0.3) is 22.3 Å². The fourth-order valence-corrected chi connectivity index (χ4v) is 8.30. The molecule has 3 aliphatic heterocycles. The summed E-state index contributed by atoms with van der Waals surface area (Å²) >= 11 is 1.78. The van der Waals surface area contributed by atoms with Crippen LogP contribution < -0.4 is 0 Å². The molecule has 49 heavy (non-hydrogen) atoms. The van der Waals surface area contributed by atoms with Crippen LogP contribution >= 0.6 is 11.8 Å². The molecule has 0 spiro atoms. The predicted molar refractivity (Wildman–Crippen MR) is 194 cm³/mol. The van der Waals surface area contributed by atoms with E-state index in [1.807, 2.05) is 80.9 Å². The first-order chi connectivity index (χ1) is 23.2. The molecule has 5 heterocycles. The molecule has 256 valence electrons. The van der Waals surface area contributed by atoms with Crippen LogP contribution in [0.4, 0.5) is 4.79 Å². The molecule has 9 nitrogen and oxygen atoms in total. The van der Waals surface area contributed by atoms with Crippen molar-refractivity contribution in [3.8, 4) is 23.1 Å². The number of ether oxygens (including phenoxy) is 1. The molecule has 2 aromatic heterocycles.